The number of nitriles is 1. The molecule has 0 radical (unpaired) electrons. The smallest absolute Gasteiger partial charge is 0.211 e. The fraction of sp³-hybridized carbons (Fsp3) is 0.611. The second-order valence-corrected chi connectivity index (χ2v) is 8.80. The summed E-state index contributed by atoms with van der Waals surface area (Å²) in [4.78, 5) is 2.31. The number of rotatable bonds is 4. The number of benzene rings is 1. The van der Waals surface area contributed by atoms with Crippen molar-refractivity contribution in [1.29, 1.82) is 5.26 Å². The fourth-order valence-electron chi connectivity index (χ4n) is 3.82. The van der Waals surface area contributed by atoms with Gasteiger partial charge in [0, 0.05) is 30.9 Å². The van der Waals surface area contributed by atoms with Crippen LogP contribution in [-0.2, 0) is 10.0 Å². The Balaban J connectivity index is 1.70. The van der Waals surface area contributed by atoms with Crippen LogP contribution in [0.15, 0.2) is 24.3 Å². The lowest BCUT2D eigenvalue weighted by Crippen LogP contribution is -2.49. The van der Waals surface area contributed by atoms with Gasteiger partial charge in [0.2, 0.25) is 10.0 Å². The van der Waals surface area contributed by atoms with Gasteiger partial charge in [0.1, 0.15) is 0 Å². The van der Waals surface area contributed by atoms with Gasteiger partial charge < -0.3 is 4.90 Å². The lowest BCUT2D eigenvalue weighted by atomic mass is 9.91. The zero-order valence-electron chi connectivity index (χ0n) is 14.2. The number of hydrogen-bond donors (Lipinski definition) is 0. The molecular formula is C18H25N3O2S. The minimum Gasteiger partial charge on any atom is -0.371 e. The maximum Gasteiger partial charge on any atom is 0.211 e. The fourth-order valence-corrected chi connectivity index (χ4v) is 5.32. The maximum absolute atomic E-state index is 12.3. The molecule has 0 spiro atoms. The number of nitrogens with zero attached hydrogens (tertiary/aromatic N) is 3. The minimum absolute atomic E-state index is 0.119. The summed E-state index contributed by atoms with van der Waals surface area (Å²) in [6.07, 6.45) is 7.28. The Hall–Kier alpha value is -1.58. The third-order valence-electron chi connectivity index (χ3n) is 5.24. The average molecular weight is 347 g/mol. The van der Waals surface area contributed by atoms with Gasteiger partial charge in [-0.15, -0.1) is 0 Å². The van der Waals surface area contributed by atoms with E-state index in [0.717, 1.165) is 57.3 Å². The molecule has 1 aliphatic heterocycles. The molecule has 6 heteroatoms. The van der Waals surface area contributed by atoms with Crippen molar-refractivity contribution < 1.29 is 8.42 Å². The normalized spacial score (nSPS) is 22.7. The summed E-state index contributed by atoms with van der Waals surface area (Å²) >= 11 is 0. The highest BCUT2D eigenvalue weighted by atomic mass is 32.2. The van der Waals surface area contributed by atoms with Crippen LogP contribution in [0.25, 0.3) is 0 Å². The van der Waals surface area contributed by atoms with Gasteiger partial charge in [-0.2, -0.15) is 9.57 Å². The summed E-state index contributed by atoms with van der Waals surface area (Å²) in [6, 6.07) is 10.1. The summed E-state index contributed by atoms with van der Waals surface area (Å²) < 4.78 is 26.4. The summed E-state index contributed by atoms with van der Waals surface area (Å²) in [6.45, 7) is 1.79. The molecule has 1 aromatic rings. The molecule has 1 heterocycles. The van der Waals surface area contributed by atoms with Gasteiger partial charge in [0.25, 0.3) is 0 Å². The maximum atomic E-state index is 12.3. The standard InChI is InChI=1S/C18H25N3O2S/c1-24(22,23)21(17-4-2-5-17)18-6-3-12-20(13-11-18)16-9-7-15(14-19)8-10-16/h7-10,17-18H,2-6,11-13H2,1H3/t18-/m1/s1. The van der Waals surface area contributed by atoms with Crippen LogP contribution in [0.2, 0.25) is 0 Å². The van der Waals surface area contributed by atoms with Crippen LogP contribution < -0.4 is 4.90 Å². The van der Waals surface area contributed by atoms with E-state index >= 15 is 0 Å². The lowest BCUT2D eigenvalue weighted by molar-refractivity contribution is 0.164. The molecular weight excluding hydrogens is 322 g/mol. The Morgan fingerprint density at radius 1 is 1.04 bits per heavy atom. The van der Waals surface area contributed by atoms with Crippen molar-refractivity contribution in [2.75, 3.05) is 24.2 Å². The Morgan fingerprint density at radius 2 is 1.67 bits per heavy atom. The van der Waals surface area contributed by atoms with E-state index < -0.39 is 10.0 Å². The molecule has 1 saturated heterocycles. The van der Waals surface area contributed by atoms with Gasteiger partial charge in [-0.25, -0.2) is 8.42 Å². The lowest BCUT2D eigenvalue weighted by Gasteiger charge is -2.40. The van der Waals surface area contributed by atoms with Gasteiger partial charge >= 0.3 is 0 Å². The van der Waals surface area contributed by atoms with Gasteiger partial charge in [0.05, 0.1) is 17.9 Å². The molecule has 0 unspecified atom stereocenters. The Kier molecular flexibility index (Phi) is 5.12. The first-order chi connectivity index (χ1) is 11.5. The Bertz CT molecular complexity index is 705. The highest BCUT2D eigenvalue weighted by Crippen LogP contribution is 2.32. The van der Waals surface area contributed by atoms with Gasteiger partial charge in [-0.05, 0) is 56.4 Å². The van der Waals surface area contributed by atoms with E-state index in [1.807, 2.05) is 24.3 Å². The van der Waals surface area contributed by atoms with Crippen molar-refractivity contribution in [3.63, 3.8) is 0 Å². The van der Waals surface area contributed by atoms with Gasteiger partial charge in [0.15, 0.2) is 0 Å². The molecule has 0 bridgehead atoms. The molecule has 1 saturated carbocycles. The first kappa shape index (κ1) is 17.2. The van der Waals surface area contributed by atoms with Crippen LogP contribution in [0.5, 0.6) is 0 Å². The van der Waals surface area contributed by atoms with E-state index in [4.69, 9.17) is 5.26 Å². The highest BCUT2D eigenvalue weighted by Gasteiger charge is 2.37. The second-order valence-electron chi connectivity index (χ2n) is 6.91. The van der Waals surface area contributed by atoms with E-state index in [0.29, 0.717) is 5.56 Å². The van der Waals surface area contributed by atoms with Crippen molar-refractivity contribution in [2.24, 2.45) is 0 Å². The molecule has 2 fully saturated rings. The van der Waals surface area contributed by atoms with E-state index in [1.165, 1.54) is 6.26 Å². The number of sulfonamides is 1. The highest BCUT2D eigenvalue weighted by molar-refractivity contribution is 7.88. The number of hydrogen-bond acceptors (Lipinski definition) is 4. The van der Waals surface area contributed by atoms with Crippen LogP contribution in [0, 0.1) is 11.3 Å². The third-order valence-corrected chi connectivity index (χ3v) is 6.60. The van der Waals surface area contributed by atoms with Crippen molar-refractivity contribution in [2.45, 2.75) is 50.6 Å². The van der Waals surface area contributed by atoms with Gasteiger partial charge in [-0.3, -0.25) is 0 Å². The first-order valence-electron chi connectivity index (χ1n) is 8.72. The van der Waals surface area contributed by atoms with E-state index in [9.17, 15) is 8.42 Å². The van der Waals surface area contributed by atoms with Crippen LogP contribution >= 0.6 is 0 Å². The van der Waals surface area contributed by atoms with Crippen molar-refractivity contribution >= 4 is 15.7 Å². The van der Waals surface area contributed by atoms with Crippen LogP contribution in [0.1, 0.15) is 44.1 Å². The van der Waals surface area contributed by atoms with Gasteiger partial charge in [-0.1, -0.05) is 6.42 Å². The molecule has 1 aliphatic carbocycles. The number of anilines is 1. The van der Waals surface area contributed by atoms with E-state index in [2.05, 4.69) is 11.0 Å². The summed E-state index contributed by atoms with van der Waals surface area (Å²) in [5, 5.41) is 8.91. The zero-order valence-corrected chi connectivity index (χ0v) is 15.0. The molecule has 0 amide bonds. The van der Waals surface area contributed by atoms with Crippen LogP contribution in [0.4, 0.5) is 5.69 Å². The van der Waals surface area contributed by atoms with Crippen molar-refractivity contribution in [3.8, 4) is 6.07 Å². The molecule has 130 valence electrons. The predicted octanol–water partition coefficient (Wildman–Crippen LogP) is 2.73. The Labute approximate surface area is 144 Å². The first-order valence-corrected chi connectivity index (χ1v) is 10.6. The second kappa shape index (κ2) is 7.12. The molecule has 3 rings (SSSR count). The largest absolute Gasteiger partial charge is 0.371 e. The zero-order chi connectivity index (χ0) is 17.2. The average Bonchev–Trinajstić information content (AvgIpc) is 2.75. The summed E-state index contributed by atoms with van der Waals surface area (Å²) in [7, 11) is -3.15. The minimum atomic E-state index is -3.15. The monoisotopic (exact) mass is 347 g/mol. The van der Waals surface area contributed by atoms with Crippen molar-refractivity contribution in [3.05, 3.63) is 29.8 Å². The SMILES string of the molecule is CS(=O)(=O)N(C1CCC1)[C@@H]1CCCN(c2ccc(C#N)cc2)CC1. The van der Waals surface area contributed by atoms with Crippen molar-refractivity contribution in [1.82, 2.24) is 4.31 Å². The van der Waals surface area contributed by atoms with Crippen LogP contribution in [-0.4, -0.2) is 44.2 Å². The molecule has 0 N–H and O–H groups in total. The topological polar surface area (TPSA) is 64.4 Å². The van der Waals surface area contributed by atoms with E-state index in [-0.39, 0.29) is 12.1 Å². The molecule has 0 aromatic heterocycles. The summed E-state index contributed by atoms with van der Waals surface area (Å²) in [5.74, 6) is 0. The van der Waals surface area contributed by atoms with E-state index in [1.54, 1.807) is 4.31 Å². The molecule has 24 heavy (non-hydrogen) atoms. The Morgan fingerprint density at radius 3 is 2.21 bits per heavy atom. The van der Waals surface area contributed by atoms with Crippen LogP contribution in [0.3, 0.4) is 0 Å². The molecule has 5 nitrogen and oxygen atoms in total. The molecule has 2 aliphatic rings. The third kappa shape index (κ3) is 3.73. The molecule has 1 atom stereocenters. The quantitative estimate of drug-likeness (QED) is 0.840. The summed E-state index contributed by atoms with van der Waals surface area (Å²) in [5.41, 5.74) is 1.78. The molecule has 1 aromatic carbocycles. The predicted molar refractivity (Wildman–Crippen MR) is 95.3 cm³/mol.